The maximum absolute atomic E-state index is 11.6. The maximum Gasteiger partial charge on any atom is 0.324 e. The molecule has 1 fully saturated rings. The van der Waals surface area contributed by atoms with Gasteiger partial charge in [-0.2, -0.15) is 0 Å². The van der Waals surface area contributed by atoms with Crippen LogP contribution < -0.4 is 4.90 Å². The Kier molecular flexibility index (Phi) is 3.48. The van der Waals surface area contributed by atoms with Gasteiger partial charge in [0.05, 0.1) is 7.11 Å². The van der Waals surface area contributed by atoms with Crippen LogP contribution in [0.4, 0.5) is 5.95 Å². The van der Waals surface area contributed by atoms with E-state index in [1.807, 2.05) is 16.8 Å². The number of rotatable bonds is 2. The second-order valence-electron chi connectivity index (χ2n) is 3.90. The van der Waals surface area contributed by atoms with E-state index >= 15 is 0 Å². The predicted octanol–water partition coefficient (Wildman–Crippen LogP) is -0.835. The third kappa shape index (κ3) is 2.50. The van der Waals surface area contributed by atoms with Crippen LogP contribution in [0.2, 0.25) is 0 Å². The number of carbonyl (C=O) groups excluding carboxylic acids is 1. The van der Waals surface area contributed by atoms with E-state index in [9.17, 15) is 4.79 Å². The van der Waals surface area contributed by atoms with Gasteiger partial charge in [-0.05, 0) is 7.05 Å². The summed E-state index contributed by atoms with van der Waals surface area (Å²) in [5.41, 5.74) is 0. The zero-order valence-electron chi connectivity index (χ0n) is 9.91. The number of aromatic nitrogens is 3. The third-order valence-electron chi connectivity index (χ3n) is 2.88. The van der Waals surface area contributed by atoms with Crippen LogP contribution in [-0.2, 0) is 9.53 Å². The van der Waals surface area contributed by atoms with Crippen molar-refractivity contribution in [2.45, 2.75) is 6.04 Å². The molecule has 0 aliphatic carbocycles. The first-order valence-corrected chi connectivity index (χ1v) is 5.37. The van der Waals surface area contributed by atoms with Crippen molar-refractivity contribution < 1.29 is 9.53 Å². The Balaban J connectivity index is 2.10. The monoisotopic (exact) mass is 237 g/mol. The van der Waals surface area contributed by atoms with Gasteiger partial charge in [-0.3, -0.25) is 9.69 Å². The van der Waals surface area contributed by atoms with E-state index in [1.54, 1.807) is 0 Å². The van der Waals surface area contributed by atoms with Crippen LogP contribution in [0.5, 0.6) is 0 Å². The number of anilines is 1. The fourth-order valence-corrected chi connectivity index (χ4v) is 1.84. The molecule has 92 valence electrons. The molecule has 2 rings (SSSR count). The van der Waals surface area contributed by atoms with E-state index in [0.29, 0.717) is 12.5 Å². The van der Waals surface area contributed by atoms with E-state index in [0.717, 1.165) is 13.1 Å². The highest BCUT2D eigenvalue weighted by atomic mass is 16.5. The van der Waals surface area contributed by atoms with Crippen molar-refractivity contribution >= 4 is 11.9 Å². The predicted molar refractivity (Wildman–Crippen MR) is 60.5 cm³/mol. The SMILES string of the molecule is COC(=O)C1CN(c2ncncn2)CCN1C. The lowest BCUT2D eigenvalue weighted by atomic mass is 10.2. The molecule has 1 saturated heterocycles. The highest BCUT2D eigenvalue weighted by Crippen LogP contribution is 2.13. The zero-order valence-corrected chi connectivity index (χ0v) is 9.91. The highest BCUT2D eigenvalue weighted by molar-refractivity contribution is 5.76. The number of carbonyl (C=O) groups is 1. The number of likely N-dealkylation sites (N-methyl/N-ethyl adjacent to an activating group) is 1. The van der Waals surface area contributed by atoms with Crippen molar-refractivity contribution in [3.8, 4) is 0 Å². The molecule has 0 bridgehead atoms. The van der Waals surface area contributed by atoms with Crippen molar-refractivity contribution in [2.24, 2.45) is 0 Å². The molecule has 17 heavy (non-hydrogen) atoms. The lowest BCUT2D eigenvalue weighted by molar-refractivity contribution is -0.146. The molecule has 1 aliphatic rings. The van der Waals surface area contributed by atoms with Gasteiger partial charge in [0, 0.05) is 19.6 Å². The lowest BCUT2D eigenvalue weighted by Gasteiger charge is -2.37. The van der Waals surface area contributed by atoms with Crippen molar-refractivity contribution in [3.63, 3.8) is 0 Å². The molecule has 7 heteroatoms. The average molecular weight is 237 g/mol. The molecule has 1 unspecified atom stereocenters. The molecule has 1 aliphatic heterocycles. The summed E-state index contributed by atoms with van der Waals surface area (Å²) in [5, 5.41) is 0. The molecule has 0 spiro atoms. The van der Waals surface area contributed by atoms with Gasteiger partial charge in [-0.25, -0.2) is 15.0 Å². The van der Waals surface area contributed by atoms with Gasteiger partial charge in [0.1, 0.15) is 18.7 Å². The van der Waals surface area contributed by atoms with Crippen LogP contribution in [0, 0.1) is 0 Å². The van der Waals surface area contributed by atoms with E-state index in [2.05, 4.69) is 15.0 Å². The quantitative estimate of drug-likeness (QED) is 0.621. The van der Waals surface area contributed by atoms with Gasteiger partial charge < -0.3 is 9.64 Å². The molecule has 0 N–H and O–H groups in total. The van der Waals surface area contributed by atoms with Crippen molar-refractivity contribution in [1.29, 1.82) is 0 Å². The standard InChI is InChI=1S/C10H15N5O2/c1-14-3-4-15(5-8(14)9(16)17-2)10-12-6-11-7-13-10/h6-8H,3-5H2,1-2H3. The topological polar surface area (TPSA) is 71.5 Å². The molecular formula is C10H15N5O2. The minimum absolute atomic E-state index is 0.230. The first kappa shape index (κ1) is 11.7. The normalized spacial score (nSPS) is 21.3. The molecule has 0 saturated carbocycles. The fourth-order valence-electron chi connectivity index (χ4n) is 1.84. The number of hydrogen-bond donors (Lipinski definition) is 0. The lowest BCUT2D eigenvalue weighted by Crippen LogP contribution is -2.55. The number of ether oxygens (including phenoxy) is 1. The Hall–Kier alpha value is -1.76. The Bertz CT molecular complexity index is 386. The van der Waals surface area contributed by atoms with Crippen LogP contribution in [0.25, 0.3) is 0 Å². The molecular weight excluding hydrogens is 222 g/mol. The summed E-state index contributed by atoms with van der Waals surface area (Å²) in [6.07, 6.45) is 2.90. The number of methoxy groups -OCH3 is 1. The molecule has 2 heterocycles. The molecule has 1 aromatic heterocycles. The fraction of sp³-hybridized carbons (Fsp3) is 0.600. The average Bonchev–Trinajstić information content (AvgIpc) is 2.39. The van der Waals surface area contributed by atoms with E-state index in [-0.39, 0.29) is 12.0 Å². The summed E-state index contributed by atoms with van der Waals surface area (Å²) in [5.74, 6) is 0.369. The van der Waals surface area contributed by atoms with E-state index < -0.39 is 0 Å². The largest absolute Gasteiger partial charge is 0.468 e. The van der Waals surface area contributed by atoms with Crippen molar-refractivity contribution in [2.75, 3.05) is 38.7 Å². The first-order chi connectivity index (χ1) is 8.22. The van der Waals surface area contributed by atoms with Crippen LogP contribution in [0.15, 0.2) is 12.7 Å². The second-order valence-corrected chi connectivity index (χ2v) is 3.90. The maximum atomic E-state index is 11.6. The molecule has 1 atom stereocenters. The van der Waals surface area contributed by atoms with Gasteiger partial charge in [0.25, 0.3) is 0 Å². The Morgan fingerprint density at radius 3 is 2.76 bits per heavy atom. The van der Waals surface area contributed by atoms with Crippen LogP contribution >= 0.6 is 0 Å². The van der Waals surface area contributed by atoms with Crippen molar-refractivity contribution in [3.05, 3.63) is 12.7 Å². The summed E-state index contributed by atoms with van der Waals surface area (Å²) in [4.78, 5) is 27.5. The molecule has 0 aromatic carbocycles. The highest BCUT2D eigenvalue weighted by Gasteiger charge is 2.31. The van der Waals surface area contributed by atoms with Crippen molar-refractivity contribution in [1.82, 2.24) is 19.9 Å². The smallest absolute Gasteiger partial charge is 0.324 e. The van der Waals surface area contributed by atoms with Gasteiger partial charge in [0.15, 0.2) is 0 Å². The Morgan fingerprint density at radius 2 is 2.12 bits per heavy atom. The molecule has 7 nitrogen and oxygen atoms in total. The summed E-state index contributed by atoms with van der Waals surface area (Å²) in [6.45, 7) is 2.09. The number of esters is 1. The minimum Gasteiger partial charge on any atom is -0.468 e. The van der Waals surface area contributed by atoms with Crippen LogP contribution in [-0.4, -0.2) is 65.7 Å². The summed E-state index contributed by atoms with van der Waals surface area (Å²) < 4.78 is 4.78. The molecule has 0 amide bonds. The summed E-state index contributed by atoms with van der Waals surface area (Å²) >= 11 is 0. The molecule has 0 radical (unpaired) electrons. The third-order valence-corrected chi connectivity index (χ3v) is 2.88. The summed E-state index contributed by atoms with van der Waals surface area (Å²) in [6, 6.07) is -0.273. The van der Waals surface area contributed by atoms with Gasteiger partial charge in [0.2, 0.25) is 5.95 Å². The zero-order chi connectivity index (χ0) is 12.3. The van der Waals surface area contributed by atoms with Gasteiger partial charge in [-0.15, -0.1) is 0 Å². The first-order valence-electron chi connectivity index (χ1n) is 5.37. The van der Waals surface area contributed by atoms with Crippen LogP contribution in [0.3, 0.4) is 0 Å². The summed E-state index contributed by atoms with van der Waals surface area (Å²) in [7, 11) is 3.31. The number of hydrogen-bond acceptors (Lipinski definition) is 7. The number of piperazine rings is 1. The Labute approximate surface area is 99.4 Å². The Morgan fingerprint density at radius 1 is 1.41 bits per heavy atom. The minimum atomic E-state index is -0.273. The van der Waals surface area contributed by atoms with Crippen LogP contribution in [0.1, 0.15) is 0 Å². The second kappa shape index (κ2) is 5.05. The van der Waals surface area contributed by atoms with Gasteiger partial charge in [-0.1, -0.05) is 0 Å². The van der Waals surface area contributed by atoms with E-state index in [4.69, 9.17) is 4.74 Å². The van der Waals surface area contributed by atoms with Gasteiger partial charge >= 0.3 is 5.97 Å². The molecule has 1 aromatic rings. The van der Waals surface area contributed by atoms with E-state index in [1.165, 1.54) is 19.8 Å². The number of nitrogens with zero attached hydrogens (tertiary/aromatic N) is 5.